The fourth-order valence-electron chi connectivity index (χ4n) is 2.61. The zero-order chi connectivity index (χ0) is 13.0. The quantitative estimate of drug-likeness (QED) is 0.858. The molecule has 0 aliphatic rings. The van der Waals surface area contributed by atoms with Gasteiger partial charge < -0.3 is 5.73 Å². The molecule has 0 radical (unpaired) electrons. The zero-order valence-corrected chi connectivity index (χ0v) is 11.3. The van der Waals surface area contributed by atoms with Gasteiger partial charge in [0.1, 0.15) is 0 Å². The lowest BCUT2D eigenvalue weighted by Gasteiger charge is -2.18. The Balaban J connectivity index is 2.24. The first-order chi connectivity index (χ1) is 8.72. The number of rotatable bonds is 5. The molecule has 0 aliphatic carbocycles. The number of pyridine rings is 1. The van der Waals surface area contributed by atoms with Crippen LogP contribution in [0.5, 0.6) is 0 Å². The van der Waals surface area contributed by atoms with Gasteiger partial charge in [-0.3, -0.25) is 4.98 Å². The molecule has 2 nitrogen and oxygen atoms in total. The van der Waals surface area contributed by atoms with Crippen LogP contribution in [0.15, 0.2) is 36.5 Å². The molecule has 0 aliphatic heterocycles. The van der Waals surface area contributed by atoms with Gasteiger partial charge in [-0.25, -0.2) is 0 Å². The molecule has 0 spiro atoms. The number of hydrogen-bond donors (Lipinski definition) is 1. The van der Waals surface area contributed by atoms with E-state index >= 15 is 0 Å². The Morgan fingerprint density at radius 3 is 2.78 bits per heavy atom. The molecule has 0 saturated carbocycles. The first-order valence-electron chi connectivity index (χ1n) is 6.81. The predicted molar refractivity (Wildman–Crippen MR) is 77.4 cm³/mol. The molecule has 1 aromatic heterocycles. The summed E-state index contributed by atoms with van der Waals surface area (Å²) in [4.78, 5) is 4.38. The summed E-state index contributed by atoms with van der Waals surface area (Å²) in [6.07, 6.45) is 5.38. The van der Waals surface area contributed by atoms with Crippen molar-refractivity contribution in [1.82, 2.24) is 4.98 Å². The Labute approximate surface area is 109 Å². The smallest absolute Gasteiger partial charge is 0.0705 e. The summed E-state index contributed by atoms with van der Waals surface area (Å²) in [7, 11) is 0. The molecule has 2 atom stereocenters. The molecule has 1 aromatic carbocycles. The number of nitrogens with zero attached hydrogens (tertiary/aromatic N) is 1. The van der Waals surface area contributed by atoms with E-state index in [1.54, 1.807) is 0 Å². The molecule has 18 heavy (non-hydrogen) atoms. The Kier molecular flexibility index (Phi) is 4.32. The van der Waals surface area contributed by atoms with Crippen molar-refractivity contribution >= 4 is 10.9 Å². The zero-order valence-electron chi connectivity index (χ0n) is 11.3. The lowest BCUT2D eigenvalue weighted by atomic mass is 9.92. The van der Waals surface area contributed by atoms with E-state index in [2.05, 4.69) is 37.0 Å². The van der Waals surface area contributed by atoms with Gasteiger partial charge in [-0.1, -0.05) is 44.9 Å². The van der Waals surface area contributed by atoms with Crippen LogP contribution in [0.2, 0.25) is 0 Å². The average Bonchev–Trinajstić information content (AvgIpc) is 2.38. The molecule has 2 heteroatoms. The van der Waals surface area contributed by atoms with Gasteiger partial charge in [0.25, 0.3) is 0 Å². The van der Waals surface area contributed by atoms with E-state index in [9.17, 15) is 0 Å². The van der Waals surface area contributed by atoms with Gasteiger partial charge in [0.2, 0.25) is 0 Å². The van der Waals surface area contributed by atoms with Crippen LogP contribution in [0.4, 0.5) is 0 Å². The number of fused-ring (bicyclic) bond motifs is 1. The second kappa shape index (κ2) is 5.96. The lowest BCUT2D eigenvalue weighted by molar-refractivity contribution is 0.441. The predicted octanol–water partition coefficient (Wildman–Crippen LogP) is 4.06. The first kappa shape index (κ1) is 13.0. The summed E-state index contributed by atoms with van der Waals surface area (Å²) in [5.74, 6) is 0.678. The highest BCUT2D eigenvalue weighted by Gasteiger charge is 2.13. The summed E-state index contributed by atoms with van der Waals surface area (Å²) in [6.45, 7) is 4.51. The van der Waals surface area contributed by atoms with Crippen molar-refractivity contribution in [1.29, 1.82) is 0 Å². The monoisotopic (exact) mass is 242 g/mol. The number of nitrogens with two attached hydrogens (primary N) is 1. The Morgan fingerprint density at radius 2 is 2.00 bits per heavy atom. The standard InChI is InChI=1S/C16H22N2/c1-3-6-12(2)11-15(17)13-9-10-18-16-8-5-4-7-14(13)16/h4-5,7-10,12,15H,3,6,11,17H2,1-2H3. The van der Waals surface area contributed by atoms with Crippen LogP contribution in [0.1, 0.15) is 44.7 Å². The van der Waals surface area contributed by atoms with E-state index < -0.39 is 0 Å². The lowest BCUT2D eigenvalue weighted by Crippen LogP contribution is -2.14. The van der Waals surface area contributed by atoms with Gasteiger partial charge in [-0.05, 0) is 30.0 Å². The van der Waals surface area contributed by atoms with Crippen LogP contribution < -0.4 is 5.73 Å². The normalized spacial score (nSPS) is 14.6. The minimum absolute atomic E-state index is 0.111. The van der Waals surface area contributed by atoms with Crippen LogP contribution in [0.25, 0.3) is 10.9 Å². The highest BCUT2D eigenvalue weighted by Crippen LogP contribution is 2.26. The van der Waals surface area contributed by atoms with E-state index in [4.69, 9.17) is 5.73 Å². The molecular weight excluding hydrogens is 220 g/mol. The molecule has 0 bridgehead atoms. The Morgan fingerprint density at radius 1 is 1.22 bits per heavy atom. The van der Waals surface area contributed by atoms with Crippen molar-refractivity contribution in [3.63, 3.8) is 0 Å². The maximum atomic E-state index is 6.36. The van der Waals surface area contributed by atoms with E-state index in [-0.39, 0.29) is 6.04 Å². The van der Waals surface area contributed by atoms with E-state index in [1.165, 1.54) is 23.8 Å². The number of para-hydroxylation sites is 1. The summed E-state index contributed by atoms with van der Waals surface area (Å²) in [6, 6.07) is 10.4. The maximum absolute atomic E-state index is 6.36. The van der Waals surface area contributed by atoms with Gasteiger partial charge in [-0.2, -0.15) is 0 Å². The fourth-order valence-corrected chi connectivity index (χ4v) is 2.61. The largest absolute Gasteiger partial charge is 0.324 e. The van der Waals surface area contributed by atoms with Crippen molar-refractivity contribution in [3.8, 4) is 0 Å². The molecule has 0 fully saturated rings. The van der Waals surface area contributed by atoms with E-state index in [1.807, 2.05) is 18.3 Å². The highest BCUT2D eigenvalue weighted by atomic mass is 14.7. The number of aromatic nitrogens is 1. The molecule has 0 saturated heterocycles. The summed E-state index contributed by atoms with van der Waals surface area (Å²) >= 11 is 0. The molecular formula is C16H22N2. The molecule has 0 amide bonds. The topological polar surface area (TPSA) is 38.9 Å². The van der Waals surface area contributed by atoms with Crippen molar-refractivity contribution in [2.45, 2.75) is 39.2 Å². The van der Waals surface area contributed by atoms with E-state index in [0.29, 0.717) is 5.92 Å². The molecule has 2 aromatic rings. The molecule has 96 valence electrons. The van der Waals surface area contributed by atoms with E-state index in [0.717, 1.165) is 11.9 Å². The van der Waals surface area contributed by atoms with Crippen molar-refractivity contribution in [3.05, 3.63) is 42.1 Å². The molecule has 2 N–H and O–H groups in total. The van der Waals surface area contributed by atoms with Gasteiger partial charge in [0, 0.05) is 17.6 Å². The third-order valence-electron chi connectivity index (χ3n) is 3.52. The second-order valence-electron chi connectivity index (χ2n) is 5.15. The van der Waals surface area contributed by atoms with Crippen molar-refractivity contribution in [2.75, 3.05) is 0 Å². The Bertz CT molecular complexity index is 502. The van der Waals surface area contributed by atoms with Crippen LogP contribution >= 0.6 is 0 Å². The summed E-state index contributed by atoms with van der Waals surface area (Å²) in [5, 5.41) is 1.19. The van der Waals surface area contributed by atoms with Crippen LogP contribution in [0.3, 0.4) is 0 Å². The van der Waals surface area contributed by atoms with Crippen molar-refractivity contribution in [2.24, 2.45) is 11.7 Å². The van der Waals surface area contributed by atoms with Crippen LogP contribution in [0, 0.1) is 5.92 Å². The van der Waals surface area contributed by atoms with Crippen molar-refractivity contribution < 1.29 is 0 Å². The second-order valence-corrected chi connectivity index (χ2v) is 5.15. The van der Waals surface area contributed by atoms with Gasteiger partial charge in [0.15, 0.2) is 0 Å². The minimum atomic E-state index is 0.111. The van der Waals surface area contributed by atoms with Crippen LogP contribution in [-0.4, -0.2) is 4.98 Å². The fraction of sp³-hybridized carbons (Fsp3) is 0.438. The maximum Gasteiger partial charge on any atom is 0.0705 e. The minimum Gasteiger partial charge on any atom is -0.324 e. The van der Waals surface area contributed by atoms with Gasteiger partial charge in [-0.15, -0.1) is 0 Å². The third-order valence-corrected chi connectivity index (χ3v) is 3.52. The average molecular weight is 242 g/mol. The number of hydrogen-bond acceptors (Lipinski definition) is 2. The third kappa shape index (κ3) is 2.88. The van der Waals surface area contributed by atoms with Gasteiger partial charge >= 0.3 is 0 Å². The molecule has 1 heterocycles. The molecule has 2 rings (SSSR count). The highest BCUT2D eigenvalue weighted by molar-refractivity contribution is 5.82. The van der Waals surface area contributed by atoms with Gasteiger partial charge in [0.05, 0.1) is 5.52 Å². The number of benzene rings is 1. The molecule has 2 unspecified atom stereocenters. The SMILES string of the molecule is CCCC(C)CC(N)c1ccnc2ccccc12. The van der Waals surface area contributed by atoms with Crippen LogP contribution in [-0.2, 0) is 0 Å². The summed E-state index contributed by atoms with van der Waals surface area (Å²) in [5.41, 5.74) is 8.63. The Hall–Kier alpha value is -1.41. The first-order valence-corrected chi connectivity index (χ1v) is 6.81. The summed E-state index contributed by atoms with van der Waals surface area (Å²) < 4.78 is 0.